The fourth-order valence-corrected chi connectivity index (χ4v) is 4.12. The highest BCUT2D eigenvalue weighted by Crippen LogP contribution is 2.38. The van der Waals surface area contributed by atoms with Crippen molar-refractivity contribution in [1.29, 1.82) is 5.26 Å². The molecule has 1 fully saturated rings. The van der Waals surface area contributed by atoms with Crippen LogP contribution in [-0.2, 0) is 10.0 Å². The van der Waals surface area contributed by atoms with Crippen LogP contribution in [0.4, 0.5) is 27.9 Å². The summed E-state index contributed by atoms with van der Waals surface area (Å²) in [7, 11) is -3.57. The highest BCUT2D eigenvalue weighted by Gasteiger charge is 2.42. The van der Waals surface area contributed by atoms with Crippen LogP contribution in [0.15, 0.2) is 6.20 Å². The number of anilines is 1. The fraction of sp³-hybridized carbons (Fsp3) is 0.562. The molecule has 0 saturated carbocycles. The molecule has 1 aliphatic rings. The van der Waals surface area contributed by atoms with Crippen molar-refractivity contribution in [2.75, 3.05) is 24.7 Å². The van der Waals surface area contributed by atoms with Crippen molar-refractivity contribution in [3.8, 4) is 6.07 Å². The van der Waals surface area contributed by atoms with E-state index in [1.54, 1.807) is 0 Å². The molecule has 1 saturated heterocycles. The molecular weight excluding hydrogens is 435 g/mol. The summed E-state index contributed by atoms with van der Waals surface area (Å²) in [4.78, 5) is 3.80. The lowest BCUT2D eigenvalue weighted by atomic mass is 10.0. The average molecular weight is 452 g/mol. The second-order valence-corrected chi connectivity index (χ2v) is 8.99. The van der Waals surface area contributed by atoms with E-state index in [-0.39, 0.29) is 18.9 Å². The van der Waals surface area contributed by atoms with E-state index in [9.17, 15) is 30.4 Å². The third-order valence-corrected chi connectivity index (χ3v) is 6.23. The Bertz CT molecular complexity index is 1110. The Morgan fingerprint density at radius 3 is 2.60 bits per heavy atom. The zero-order valence-corrected chi connectivity index (χ0v) is 16.6. The molecule has 3 rings (SSSR count). The van der Waals surface area contributed by atoms with Crippen LogP contribution in [0.1, 0.15) is 30.5 Å². The van der Waals surface area contributed by atoms with Gasteiger partial charge in [0, 0.05) is 13.1 Å². The maximum Gasteiger partial charge on any atom is 0.397 e. The summed E-state index contributed by atoms with van der Waals surface area (Å²) < 4.78 is 93.3. The second-order valence-electron chi connectivity index (χ2n) is 7.00. The molecule has 0 unspecified atom stereocenters. The molecule has 1 aliphatic heterocycles. The summed E-state index contributed by atoms with van der Waals surface area (Å²) in [5.41, 5.74) is -1.91. The molecule has 0 spiro atoms. The quantitative estimate of drug-likeness (QED) is 0.714. The van der Waals surface area contributed by atoms with Crippen molar-refractivity contribution in [1.82, 2.24) is 18.9 Å². The molecule has 30 heavy (non-hydrogen) atoms. The Hall–Kier alpha value is -2.53. The van der Waals surface area contributed by atoms with E-state index >= 15 is 0 Å². The van der Waals surface area contributed by atoms with Gasteiger partial charge in [-0.05, 0) is 13.3 Å². The molecule has 8 nitrogen and oxygen atoms in total. The Morgan fingerprint density at radius 1 is 1.40 bits per heavy atom. The number of piperidine rings is 1. The maximum absolute atomic E-state index is 14.4. The Kier molecular flexibility index (Phi) is 5.63. The van der Waals surface area contributed by atoms with Crippen molar-refractivity contribution >= 4 is 21.5 Å². The smallest absolute Gasteiger partial charge is 0.347 e. The molecule has 0 aromatic carbocycles. The number of nitriles is 1. The minimum atomic E-state index is -4.76. The van der Waals surface area contributed by atoms with Gasteiger partial charge in [0.1, 0.15) is 23.3 Å². The van der Waals surface area contributed by atoms with Crippen LogP contribution >= 0.6 is 0 Å². The maximum atomic E-state index is 14.4. The highest BCUT2D eigenvalue weighted by atomic mass is 32.2. The fourth-order valence-electron chi connectivity index (χ4n) is 3.27. The van der Waals surface area contributed by atoms with E-state index in [1.807, 2.05) is 0 Å². The van der Waals surface area contributed by atoms with Gasteiger partial charge in [-0.15, -0.1) is 5.10 Å². The molecule has 0 amide bonds. The van der Waals surface area contributed by atoms with Gasteiger partial charge in [0.25, 0.3) is 0 Å². The summed E-state index contributed by atoms with van der Waals surface area (Å²) in [6, 6.07) is 0.524. The van der Waals surface area contributed by atoms with Gasteiger partial charge in [0.05, 0.1) is 30.1 Å². The van der Waals surface area contributed by atoms with E-state index in [1.165, 1.54) is 6.07 Å². The van der Waals surface area contributed by atoms with Crippen molar-refractivity contribution < 1.29 is 30.4 Å². The van der Waals surface area contributed by atoms with Gasteiger partial charge in [-0.25, -0.2) is 26.7 Å². The number of sulfonamides is 1. The zero-order chi connectivity index (χ0) is 22.4. The molecule has 2 aromatic heterocycles. The zero-order valence-electron chi connectivity index (χ0n) is 15.8. The van der Waals surface area contributed by atoms with E-state index in [2.05, 4.69) is 15.4 Å². The largest absolute Gasteiger partial charge is 0.397 e. The monoisotopic (exact) mass is 452 g/mol. The van der Waals surface area contributed by atoms with Crippen LogP contribution < -0.4 is 5.32 Å². The highest BCUT2D eigenvalue weighted by molar-refractivity contribution is 7.88. The minimum absolute atomic E-state index is 0.0340. The minimum Gasteiger partial charge on any atom is -0.347 e. The predicted molar refractivity (Wildman–Crippen MR) is 95.5 cm³/mol. The number of fused-ring (bicyclic) bond motifs is 1. The molecule has 1 N–H and O–H groups in total. The summed E-state index contributed by atoms with van der Waals surface area (Å²) >= 11 is 0. The van der Waals surface area contributed by atoms with Crippen LogP contribution in [0.25, 0.3) is 5.52 Å². The van der Waals surface area contributed by atoms with E-state index in [0.717, 1.165) is 23.7 Å². The summed E-state index contributed by atoms with van der Waals surface area (Å²) in [6.45, 7) is 0.411. The van der Waals surface area contributed by atoms with Gasteiger partial charge in [0.2, 0.25) is 16.0 Å². The third kappa shape index (κ3) is 4.04. The lowest BCUT2D eigenvalue weighted by Crippen LogP contribution is -2.49. The molecule has 0 aliphatic carbocycles. The van der Waals surface area contributed by atoms with Gasteiger partial charge in [-0.3, -0.25) is 0 Å². The molecule has 164 valence electrons. The SMILES string of the molecule is C[C@H](c1c(C#N)c(F)c2cnc(N[C@@H]3CCN(S(C)(=O)=O)C[C@H]3F)nn12)C(F)(F)F. The van der Waals surface area contributed by atoms with Crippen molar-refractivity contribution in [3.05, 3.63) is 23.3 Å². The second kappa shape index (κ2) is 7.62. The number of hydrogen-bond acceptors (Lipinski definition) is 6. The number of nitrogens with zero attached hydrogens (tertiary/aromatic N) is 5. The van der Waals surface area contributed by atoms with Gasteiger partial charge >= 0.3 is 6.18 Å². The summed E-state index contributed by atoms with van der Waals surface area (Å²) in [6.07, 6.45) is -4.46. The van der Waals surface area contributed by atoms with Gasteiger partial charge < -0.3 is 5.32 Å². The van der Waals surface area contributed by atoms with Crippen molar-refractivity contribution in [2.45, 2.75) is 37.7 Å². The molecule has 14 heteroatoms. The summed E-state index contributed by atoms with van der Waals surface area (Å²) in [5, 5.41) is 15.6. The van der Waals surface area contributed by atoms with E-state index in [0.29, 0.717) is 4.52 Å². The standard InChI is InChI=1S/C16H17F5N6O2S/c1-8(16(19,20)21)14-9(5-22)13(18)12-6-23-15(25-27(12)14)24-11-3-4-26(7-10(11)17)30(2,28)29/h6,8,10-11H,3-4,7H2,1-2H3,(H,24,25)/t8-,10-,11-/m1/s1. The van der Waals surface area contributed by atoms with Crippen LogP contribution in [0.5, 0.6) is 0 Å². The Morgan fingerprint density at radius 2 is 2.07 bits per heavy atom. The van der Waals surface area contributed by atoms with Crippen LogP contribution in [-0.4, -0.2) is 65.1 Å². The number of rotatable bonds is 4. The molecular formula is C16H17F5N6O2S. The van der Waals surface area contributed by atoms with Crippen LogP contribution in [0, 0.1) is 17.1 Å². The lowest BCUT2D eigenvalue weighted by molar-refractivity contribution is -0.147. The van der Waals surface area contributed by atoms with Crippen molar-refractivity contribution in [2.24, 2.45) is 0 Å². The predicted octanol–water partition coefficient (Wildman–Crippen LogP) is 2.19. The Balaban J connectivity index is 1.95. The first kappa shape index (κ1) is 22.2. The normalized spacial score (nSPS) is 22.1. The first-order valence-corrected chi connectivity index (χ1v) is 10.6. The van der Waals surface area contributed by atoms with E-state index < -0.39 is 63.5 Å². The van der Waals surface area contributed by atoms with Crippen LogP contribution in [0.3, 0.4) is 0 Å². The van der Waals surface area contributed by atoms with Gasteiger partial charge in [-0.1, -0.05) is 0 Å². The average Bonchev–Trinajstić information content (AvgIpc) is 2.92. The lowest BCUT2D eigenvalue weighted by Gasteiger charge is -2.33. The first-order chi connectivity index (χ1) is 13.8. The molecule has 0 bridgehead atoms. The number of nitrogens with one attached hydrogen (secondary N) is 1. The topological polar surface area (TPSA) is 103 Å². The van der Waals surface area contributed by atoms with Crippen molar-refractivity contribution in [3.63, 3.8) is 0 Å². The number of aromatic nitrogens is 3. The molecule has 2 aromatic rings. The molecule has 3 atom stereocenters. The van der Waals surface area contributed by atoms with Crippen LogP contribution in [0.2, 0.25) is 0 Å². The van der Waals surface area contributed by atoms with E-state index in [4.69, 9.17) is 5.26 Å². The molecule has 0 radical (unpaired) electrons. The third-order valence-electron chi connectivity index (χ3n) is 4.96. The number of alkyl halides is 4. The van der Waals surface area contributed by atoms with Gasteiger partial charge in [-0.2, -0.15) is 22.7 Å². The number of halogens is 5. The summed E-state index contributed by atoms with van der Waals surface area (Å²) in [5.74, 6) is -3.66. The molecule has 3 heterocycles. The first-order valence-electron chi connectivity index (χ1n) is 8.74. The number of hydrogen-bond donors (Lipinski definition) is 1. The van der Waals surface area contributed by atoms with Gasteiger partial charge in [0.15, 0.2) is 5.82 Å². The Labute approximate surface area is 168 Å².